The van der Waals surface area contributed by atoms with E-state index < -0.39 is 5.54 Å². The Labute approximate surface area is 180 Å². The first-order valence-electron chi connectivity index (χ1n) is 10.3. The molecule has 0 bridgehead atoms. The van der Waals surface area contributed by atoms with E-state index in [0.717, 1.165) is 33.0 Å². The minimum Gasteiger partial charge on any atom is -0.321 e. The molecule has 5 heteroatoms. The molecule has 2 unspecified atom stereocenters. The number of rotatable bonds is 5. The molecule has 5 rings (SSSR count). The van der Waals surface area contributed by atoms with E-state index in [-0.39, 0.29) is 11.8 Å². The first-order valence-corrected chi connectivity index (χ1v) is 10.3. The summed E-state index contributed by atoms with van der Waals surface area (Å²) >= 11 is 0. The van der Waals surface area contributed by atoms with E-state index in [1.54, 1.807) is 18.6 Å². The Morgan fingerprint density at radius 2 is 1.77 bits per heavy atom. The van der Waals surface area contributed by atoms with Gasteiger partial charge in [0, 0.05) is 23.3 Å². The second-order valence-electron chi connectivity index (χ2n) is 7.92. The Hall–Kier alpha value is -3.83. The number of carbonyl (C=O) groups excluding carboxylic acids is 1. The molecule has 0 saturated heterocycles. The Morgan fingerprint density at radius 1 is 1.00 bits per heavy atom. The number of hydrogen-bond donors (Lipinski definition) is 2. The molecule has 1 heterocycles. The highest BCUT2D eigenvalue weighted by Gasteiger charge is 2.56. The number of fused-ring (bicyclic) bond motifs is 1. The Morgan fingerprint density at radius 3 is 2.58 bits per heavy atom. The smallest absolute Gasteiger partial charge is 0.245 e. The molecule has 0 radical (unpaired) electrons. The number of nitrogens with two attached hydrogens (primary N) is 1. The minimum atomic E-state index is -0.639. The number of hydrazone groups is 1. The second kappa shape index (κ2) is 7.78. The highest BCUT2D eigenvalue weighted by Crippen LogP contribution is 2.49. The molecule has 0 spiro atoms. The molecule has 4 aromatic rings. The van der Waals surface area contributed by atoms with Gasteiger partial charge in [-0.3, -0.25) is 9.78 Å². The van der Waals surface area contributed by atoms with Crippen LogP contribution in [0, 0.1) is 5.92 Å². The van der Waals surface area contributed by atoms with Crippen molar-refractivity contribution in [3.05, 3.63) is 102 Å². The zero-order chi connectivity index (χ0) is 21.3. The molecule has 0 aliphatic heterocycles. The lowest BCUT2D eigenvalue weighted by atomic mass is 9.98. The van der Waals surface area contributed by atoms with Crippen molar-refractivity contribution in [3.63, 3.8) is 0 Å². The first-order chi connectivity index (χ1) is 15.1. The van der Waals surface area contributed by atoms with Crippen molar-refractivity contribution in [1.29, 1.82) is 0 Å². The van der Waals surface area contributed by atoms with E-state index in [9.17, 15) is 4.79 Å². The van der Waals surface area contributed by atoms with Gasteiger partial charge >= 0.3 is 0 Å². The third-order valence-electron chi connectivity index (χ3n) is 5.94. The predicted octanol–water partition coefficient (Wildman–Crippen LogP) is 4.23. The summed E-state index contributed by atoms with van der Waals surface area (Å²) in [5.41, 5.74) is 12.7. The molecule has 1 saturated carbocycles. The highest BCUT2D eigenvalue weighted by atomic mass is 16.2. The summed E-state index contributed by atoms with van der Waals surface area (Å²) in [4.78, 5) is 16.8. The summed E-state index contributed by atoms with van der Waals surface area (Å²) in [6, 6.07) is 26.2. The Kier molecular flexibility index (Phi) is 4.81. The number of hydrogen-bond acceptors (Lipinski definition) is 4. The average Bonchev–Trinajstić information content (AvgIpc) is 3.53. The van der Waals surface area contributed by atoms with Crippen molar-refractivity contribution in [2.45, 2.75) is 12.0 Å². The molecule has 5 nitrogen and oxygen atoms in total. The maximum Gasteiger partial charge on any atom is 0.245 e. The second-order valence-corrected chi connectivity index (χ2v) is 7.92. The van der Waals surface area contributed by atoms with E-state index in [2.05, 4.69) is 39.8 Å². The fraction of sp³-hybridized carbons (Fsp3) is 0.115. The monoisotopic (exact) mass is 406 g/mol. The van der Waals surface area contributed by atoms with Gasteiger partial charge in [0.1, 0.15) is 0 Å². The van der Waals surface area contributed by atoms with Gasteiger partial charge in [0.05, 0.1) is 17.7 Å². The van der Waals surface area contributed by atoms with Gasteiger partial charge in [-0.25, -0.2) is 5.43 Å². The summed E-state index contributed by atoms with van der Waals surface area (Å²) in [5.74, 6) is -0.447. The molecule has 3 aromatic carbocycles. The summed E-state index contributed by atoms with van der Waals surface area (Å²) in [7, 11) is 0. The van der Waals surface area contributed by atoms with Crippen molar-refractivity contribution in [1.82, 2.24) is 10.4 Å². The largest absolute Gasteiger partial charge is 0.321 e. The number of nitrogens with zero attached hydrogens (tertiary/aromatic N) is 2. The zero-order valence-corrected chi connectivity index (χ0v) is 16.9. The van der Waals surface area contributed by atoms with E-state index in [4.69, 9.17) is 5.73 Å². The van der Waals surface area contributed by atoms with Crippen molar-refractivity contribution in [3.8, 4) is 11.1 Å². The van der Waals surface area contributed by atoms with Crippen molar-refractivity contribution < 1.29 is 4.79 Å². The Bertz CT molecular complexity index is 1260. The highest BCUT2D eigenvalue weighted by molar-refractivity contribution is 5.99. The van der Waals surface area contributed by atoms with Gasteiger partial charge < -0.3 is 5.73 Å². The third-order valence-corrected chi connectivity index (χ3v) is 5.94. The average molecular weight is 406 g/mol. The van der Waals surface area contributed by atoms with Crippen molar-refractivity contribution in [2.24, 2.45) is 16.8 Å². The van der Waals surface area contributed by atoms with Crippen molar-refractivity contribution >= 4 is 22.9 Å². The fourth-order valence-corrected chi connectivity index (χ4v) is 4.03. The van der Waals surface area contributed by atoms with Crippen molar-refractivity contribution in [2.75, 3.05) is 0 Å². The molecule has 3 N–H and O–H groups in total. The zero-order valence-electron chi connectivity index (χ0n) is 16.9. The first kappa shape index (κ1) is 19.2. The number of pyridine rings is 1. The lowest BCUT2D eigenvalue weighted by Crippen LogP contribution is -2.30. The maximum atomic E-state index is 12.6. The predicted molar refractivity (Wildman–Crippen MR) is 123 cm³/mol. The van der Waals surface area contributed by atoms with Crippen LogP contribution in [0.5, 0.6) is 0 Å². The maximum absolute atomic E-state index is 12.6. The SMILES string of the molecule is NC1(c2ccc(-c3ccccc3)cc2)CC1C(=O)N/N=C/c1cccc2cnccc12. The van der Waals surface area contributed by atoms with Gasteiger partial charge in [-0.15, -0.1) is 0 Å². The lowest BCUT2D eigenvalue weighted by molar-refractivity contribution is -0.122. The topological polar surface area (TPSA) is 80.4 Å². The standard InChI is InChI=1S/C26H22N4O/c27-26(22-11-9-19(10-12-22)18-5-2-1-3-6-18)15-24(26)25(31)30-29-17-21-8-4-7-20-16-28-14-13-23(20)21/h1-14,16-17,24H,15,27H2,(H,30,31)/b29-17+. The normalized spacial score (nSPS) is 20.1. The number of aromatic nitrogens is 1. The van der Waals surface area contributed by atoms with E-state index in [1.165, 1.54) is 0 Å². The van der Waals surface area contributed by atoms with Gasteiger partial charge in [-0.05, 0) is 34.6 Å². The van der Waals surface area contributed by atoms with Crippen LogP contribution in [0.1, 0.15) is 17.5 Å². The van der Waals surface area contributed by atoms with E-state index in [1.807, 2.05) is 54.6 Å². The number of amides is 1. The summed E-state index contributed by atoms with van der Waals surface area (Å²) in [6.07, 6.45) is 5.82. The molecular formula is C26H22N4O. The van der Waals surface area contributed by atoms with Crippen LogP contribution in [-0.4, -0.2) is 17.1 Å². The van der Waals surface area contributed by atoms with Gasteiger partial charge in [0.2, 0.25) is 5.91 Å². The molecule has 1 aliphatic carbocycles. The van der Waals surface area contributed by atoms with Crippen LogP contribution in [0.25, 0.3) is 21.9 Å². The van der Waals surface area contributed by atoms with E-state index >= 15 is 0 Å². The van der Waals surface area contributed by atoms with Gasteiger partial charge in [0.15, 0.2) is 0 Å². The third kappa shape index (κ3) is 3.71. The van der Waals surface area contributed by atoms with Crippen LogP contribution < -0.4 is 11.2 Å². The summed E-state index contributed by atoms with van der Waals surface area (Å²) in [5, 5.41) is 6.23. The minimum absolute atomic E-state index is 0.159. The van der Waals surface area contributed by atoms with Crippen LogP contribution >= 0.6 is 0 Å². The summed E-state index contributed by atoms with van der Waals surface area (Å²) in [6.45, 7) is 0. The number of nitrogens with one attached hydrogen (secondary N) is 1. The van der Waals surface area contributed by atoms with Crippen LogP contribution in [0.4, 0.5) is 0 Å². The van der Waals surface area contributed by atoms with Gasteiger partial charge in [-0.2, -0.15) is 5.10 Å². The van der Waals surface area contributed by atoms with Crippen LogP contribution in [0.2, 0.25) is 0 Å². The van der Waals surface area contributed by atoms with Crippen LogP contribution in [0.3, 0.4) is 0 Å². The molecular weight excluding hydrogens is 384 g/mol. The Balaban J connectivity index is 1.26. The summed E-state index contributed by atoms with van der Waals surface area (Å²) < 4.78 is 0. The molecule has 152 valence electrons. The van der Waals surface area contributed by atoms with Gasteiger partial charge in [0.25, 0.3) is 0 Å². The lowest BCUT2D eigenvalue weighted by Gasteiger charge is -2.12. The molecule has 1 fully saturated rings. The molecule has 1 amide bonds. The fourth-order valence-electron chi connectivity index (χ4n) is 4.03. The van der Waals surface area contributed by atoms with Crippen LogP contribution in [0.15, 0.2) is 96.4 Å². The molecule has 31 heavy (non-hydrogen) atoms. The van der Waals surface area contributed by atoms with E-state index in [0.29, 0.717) is 6.42 Å². The quantitative estimate of drug-likeness (QED) is 0.385. The van der Waals surface area contributed by atoms with Gasteiger partial charge in [-0.1, -0.05) is 72.8 Å². The number of benzene rings is 3. The molecule has 1 aliphatic rings. The van der Waals surface area contributed by atoms with Crippen LogP contribution in [-0.2, 0) is 10.3 Å². The molecule has 2 atom stereocenters. The number of carbonyl (C=O) groups is 1. The molecule has 1 aromatic heterocycles.